The quantitative estimate of drug-likeness (QED) is 0.890. The number of nitrogens with zero attached hydrogens (tertiary/aromatic N) is 2. The molecule has 1 aliphatic rings. The summed E-state index contributed by atoms with van der Waals surface area (Å²) in [7, 11) is 0. The number of nitrogens with one attached hydrogen (secondary N) is 1. The highest BCUT2D eigenvalue weighted by atomic mass is 15.2. The molecule has 1 aliphatic heterocycles. The molecule has 2 heterocycles. The van der Waals surface area contributed by atoms with E-state index in [0.717, 1.165) is 31.9 Å². The minimum atomic E-state index is 0.551. The summed E-state index contributed by atoms with van der Waals surface area (Å²) in [5.74, 6) is 1.70. The number of aryl methyl sites for hydroxylation is 1. The van der Waals surface area contributed by atoms with Crippen LogP contribution in [0.3, 0.4) is 0 Å². The summed E-state index contributed by atoms with van der Waals surface area (Å²) in [6.45, 7) is 12.1. The Bertz CT molecular complexity index is 401. The van der Waals surface area contributed by atoms with E-state index in [-0.39, 0.29) is 0 Å². The first-order valence-corrected chi connectivity index (χ1v) is 7.10. The SMILES string of the molecule is CCc1nc(N2CCNC(C)C2)ccc1C(C)C. The largest absolute Gasteiger partial charge is 0.354 e. The van der Waals surface area contributed by atoms with Crippen molar-refractivity contribution in [3.63, 3.8) is 0 Å². The Morgan fingerprint density at radius 1 is 1.44 bits per heavy atom. The zero-order valence-electron chi connectivity index (χ0n) is 12.0. The third-order valence-electron chi connectivity index (χ3n) is 3.64. The molecule has 0 saturated carbocycles. The van der Waals surface area contributed by atoms with Crippen molar-refractivity contribution in [2.24, 2.45) is 0 Å². The van der Waals surface area contributed by atoms with Gasteiger partial charge in [0.15, 0.2) is 0 Å². The van der Waals surface area contributed by atoms with Gasteiger partial charge in [-0.25, -0.2) is 4.98 Å². The molecule has 18 heavy (non-hydrogen) atoms. The molecule has 100 valence electrons. The van der Waals surface area contributed by atoms with E-state index < -0.39 is 0 Å². The van der Waals surface area contributed by atoms with Crippen LogP contribution in [0, 0.1) is 0 Å². The molecule has 2 rings (SSSR count). The summed E-state index contributed by atoms with van der Waals surface area (Å²) < 4.78 is 0. The fraction of sp³-hybridized carbons (Fsp3) is 0.667. The number of aromatic nitrogens is 1. The number of hydrogen-bond donors (Lipinski definition) is 1. The predicted molar refractivity (Wildman–Crippen MR) is 77.4 cm³/mol. The molecule has 1 saturated heterocycles. The average molecular weight is 247 g/mol. The molecule has 1 N–H and O–H groups in total. The maximum absolute atomic E-state index is 4.87. The molecule has 3 nitrogen and oxygen atoms in total. The normalized spacial score (nSPS) is 20.5. The second-order valence-corrected chi connectivity index (χ2v) is 5.51. The zero-order valence-corrected chi connectivity index (χ0v) is 12.0. The van der Waals surface area contributed by atoms with E-state index in [4.69, 9.17) is 4.98 Å². The van der Waals surface area contributed by atoms with Crippen LogP contribution in [0.4, 0.5) is 5.82 Å². The minimum Gasteiger partial charge on any atom is -0.354 e. The lowest BCUT2D eigenvalue weighted by molar-refractivity contribution is 0.482. The maximum atomic E-state index is 4.87. The Morgan fingerprint density at radius 2 is 2.22 bits per heavy atom. The summed E-state index contributed by atoms with van der Waals surface area (Å²) in [5, 5.41) is 3.47. The summed E-state index contributed by atoms with van der Waals surface area (Å²) in [5.41, 5.74) is 2.65. The molecule has 3 heteroatoms. The number of pyridine rings is 1. The highest BCUT2D eigenvalue weighted by Gasteiger charge is 2.18. The van der Waals surface area contributed by atoms with Crippen LogP contribution < -0.4 is 10.2 Å². The van der Waals surface area contributed by atoms with Gasteiger partial charge in [0.05, 0.1) is 0 Å². The highest BCUT2D eigenvalue weighted by Crippen LogP contribution is 2.22. The van der Waals surface area contributed by atoms with Gasteiger partial charge in [-0.1, -0.05) is 26.8 Å². The summed E-state index contributed by atoms with van der Waals surface area (Å²) in [6.07, 6.45) is 1.02. The molecule has 1 unspecified atom stereocenters. The van der Waals surface area contributed by atoms with Gasteiger partial charge in [0.1, 0.15) is 5.82 Å². The van der Waals surface area contributed by atoms with Gasteiger partial charge < -0.3 is 10.2 Å². The van der Waals surface area contributed by atoms with Gasteiger partial charge in [0.25, 0.3) is 0 Å². The van der Waals surface area contributed by atoms with E-state index in [2.05, 4.69) is 50.0 Å². The van der Waals surface area contributed by atoms with Crippen LogP contribution in [0.2, 0.25) is 0 Å². The summed E-state index contributed by atoms with van der Waals surface area (Å²) in [6, 6.07) is 5.00. The number of piperazine rings is 1. The Hall–Kier alpha value is -1.09. The fourth-order valence-electron chi connectivity index (χ4n) is 2.63. The van der Waals surface area contributed by atoms with E-state index in [9.17, 15) is 0 Å². The van der Waals surface area contributed by atoms with Crippen molar-refractivity contribution in [2.45, 2.75) is 46.1 Å². The van der Waals surface area contributed by atoms with E-state index >= 15 is 0 Å². The monoisotopic (exact) mass is 247 g/mol. The van der Waals surface area contributed by atoms with E-state index in [1.165, 1.54) is 11.3 Å². The summed E-state index contributed by atoms with van der Waals surface area (Å²) in [4.78, 5) is 7.26. The summed E-state index contributed by atoms with van der Waals surface area (Å²) >= 11 is 0. The standard InChI is InChI=1S/C15H25N3/c1-5-14-13(11(2)3)6-7-15(17-14)18-9-8-16-12(4)10-18/h6-7,11-12,16H,5,8-10H2,1-4H3. The second kappa shape index (κ2) is 5.70. The topological polar surface area (TPSA) is 28.2 Å². The first-order chi connectivity index (χ1) is 8.61. The van der Waals surface area contributed by atoms with Crippen molar-refractivity contribution in [3.05, 3.63) is 23.4 Å². The van der Waals surface area contributed by atoms with E-state index in [0.29, 0.717) is 12.0 Å². The van der Waals surface area contributed by atoms with Crippen LogP contribution in [0.15, 0.2) is 12.1 Å². The average Bonchev–Trinajstić information content (AvgIpc) is 2.37. The molecule has 1 fully saturated rings. The van der Waals surface area contributed by atoms with Crippen molar-refractivity contribution in [3.8, 4) is 0 Å². The first-order valence-electron chi connectivity index (χ1n) is 7.10. The molecule has 0 aliphatic carbocycles. The molecule has 1 aromatic heterocycles. The molecule has 0 bridgehead atoms. The first kappa shape index (κ1) is 13.3. The van der Waals surface area contributed by atoms with Crippen molar-refractivity contribution >= 4 is 5.82 Å². The minimum absolute atomic E-state index is 0.551. The van der Waals surface area contributed by atoms with Gasteiger partial charge in [-0.15, -0.1) is 0 Å². The fourth-order valence-corrected chi connectivity index (χ4v) is 2.63. The van der Waals surface area contributed by atoms with Crippen molar-refractivity contribution in [1.29, 1.82) is 0 Å². The van der Waals surface area contributed by atoms with Crippen LogP contribution in [0.25, 0.3) is 0 Å². The van der Waals surface area contributed by atoms with Gasteiger partial charge in [-0.2, -0.15) is 0 Å². The van der Waals surface area contributed by atoms with Crippen molar-refractivity contribution < 1.29 is 0 Å². The second-order valence-electron chi connectivity index (χ2n) is 5.51. The van der Waals surface area contributed by atoms with Crippen LogP contribution in [-0.2, 0) is 6.42 Å². The van der Waals surface area contributed by atoms with Crippen LogP contribution in [0.1, 0.15) is 44.9 Å². The highest BCUT2D eigenvalue weighted by molar-refractivity contribution is 5.43. The van der Waals surface area contributed by atoms with Gasteiger partial charge in [0.2, 0.25) is 0 Å². The van der Waals surface area contributed by atoms with Crippen molar-refractivity contribution in [2.75, 3.05) is 24.5 Å². The molecule has 0 radical (unpaired) electrons. The van der Waals surface area contributed by atoms with Gasteiger partial charge in [-0.3, -0.25) is 0 Å². The lowest BCUT2D eigenvalue weighted by atomic mass is 10.00. The number of rotatable bonds is 3. The lowest BCUT2D eigenvalue weighted by Gasteiger charge is -2.33. The molecule has 0 spiro atoms. The van der Waals surface area contributed by atoms with E-state index in [1.807, 2.05) is 0 Å². The zero-order chi connectivity index (χ0) is 13.1. The molecule has 0 amide bonds. The van der Waals surface area contributed by atoms with Crippen LogP contribution >= 0.6 is 0 Å². The van der Waals surface area contributed by atoms with Gasteiger partial charge in [0, 0.05) is 31.4 Å². The third-order valence-corrected chi connectivity index (χ3v) is 3.64. The molecule has 1 atom stereocenters. The van der Waals surface area contributed by atoms with Crippen molar-refractivity contribution in [1.82, 2.24) is 10.3 Å². The number of hydrogen-bond acceptors (Lipinski definition) is 3. The van der Waals surface area contributed by atoms with Gasteiger partial charge >= 0.3 is 0 Å². The van der Waals surface area contributed by atoms with Gasteiger partial charge in [-0.05, 0) is 30.9 Å². The Labute approximate surface area is 111 Å². The van der Waals surface area contributed by atoms with E-state index in [1.54, 1.807) is 0 Å². The van der Waals surface area contributed by atoms with Crippen LogP contribution in [-0.4, -0.2) is 30.7 Å². The Balaban J connectivity index is 2.23. The Kier molecular flexibility index (Phi) is 4.23. The lowest BCUT2D eigenvalue weighted by Crippen LogP contribution is -2.49. The predicted octanol–water partition coefficient (Wildman–Crippen LogP) is 2.57. The molecule has 0 aromatic carbocycles. The maximum Gasteiger partial charge on any atom is 0.128 e. The molecular formula is C15H25N3. The molecule has 1 aromatic rings. The Morgan fingerprint density at radius 3 is 2.83 bits per heavy atom. The number of anilines is 1. The smallest absolute Gasteiger partial charge is 0.128 e. The van der Waals surface area contributed by atoms with Crippen LogP contribution in [0.5, 0.6) is 0 Å². The molecular weight excluding hydrogens is 222 g/mol. The third kappa shape index (κ3) is 2.83.